The van der Waals surface area contributed by atoms with E-state index in [4.69, 9.17) is 4.74 Å². The first kappa shape index (κ1) is 16.9. The van der Waals surface area contributed by atoms with E-state index in [0.717, 1.165) is 5.69 Å². The van der Waals surface area contributed by atoms with Crippen molar-refractivity contribution in [3.8, 4) is 5.69 Å². The van der Waals surface area contributed by atoms with Crippen molar-refractivity contribution in [2.75, 3.05) is 6.61 Å². The highest BCUT2D eigenvalue weighted by Crippen LogP contribution is 2.14. The number of hydrogen-bond acceptors (Lipinski definition) is 5. The first-order chi connectivity index (χ1) is 12.1. The zero-order valence-electron chi connectivity index (χ0n) is 14.5. The van der Waals surface area contributed by atoms with Crippen molar-refractivity contribution < 1.29 is 9.53 Å². The molecule has 1 aromatic carbocycles. The highest BCUT2D eigenvalue weighted by atomic mass is 16.5. The van der Waals surface area contributed by atoms with Gasteiger partial charge in [0, 0.05) is 6.42 Å². The number of nitrogens with zero attached hydrogens (tertiary/aromatic N) is 4. The molecule has 0 fully saturated rings. The quantitative estimate of drug-likeness (QED) is 0.665. The minimum Gasteiger partial charge on any atom is -0.462 e. The minimum absolute atomic E-state index is 0.0100. The standard InChI is InChI=1S/C18H20N4O3/c1-4-13-15(17(24)25-6-3)16(23)21-14(5-2)20-22(18(21)19-13)12-10-8-7-9-11-12/h7-11H,4-6H2,1-3H3. The number of fused-ring (bicyclic) bond motifs is 1. The van der Waals surface area contributed by atoms with Gasteiger partial charge in [-0.2, -0.15) is 9.78 Å². The average molecular weight is 340 g/mol. The van der Waals surface area contributed by atoms with Gasteiger partial charge >= 0.3 is 5.97 Å². The van der Waals surface area contributed by atoms with E-state index in [1.54, 1.807) is 11.6 Å². The summed E-state index contributed by atoms with van der Waals surface area (Å²) in [6, 6.07) is 9.48. The Balaban J connectivity index is 2.36. The van der Waals surface area contributed by atoms with Crippen LogP contribution in [0.1, 0.15) is 42.6 Å². The molecule has 0 amide bonds. The second kappa shape index (κ2) is 6.88. The van der Waals surface area contributed by atoms with Crippen molar-refractivity contribution in [3.63, 3.8) is 0 Å². The van der Waals surface area contributed by atoms with Gasteiger partial charge in [-0.25, -0.2) is 14.2 Å². The van der Waals surface area contributed by atoms with Crippen molar-refractivity contribution >= 4 is 11.7 Å². The van der Waals surface area contributed by atoms with E-state index in [9.17, 15) is 9.59 Å². The largest absolute Gasteiger partial charge is 0.462 e. The fraction of sp³-hybridized carbons (Fsp3) is 0.333. The van der Waals surface area contributed by atoms with Gasteiger partial charge in [0.1, 0.15) is 11.4 Å². The van der Waals surface area contributed by atoms with Crippen LogP contribution in [0.2, 0.25) is 0 Å². The van der Waals surface area contributed by atoms with Crippen LogP contribution in [0.4, 0.5) is 0 Å². The molecule has 0 bridgehead atoms. The number of aryl methyl sites for hydroxylation is 2. The van der Waals surface area contributed by atoms with Gasteiger partial charge in [-0.05, 0) is 25.5 Å². The van der Waals surface area contributed by atoms with Gasteiger partial charge in [-0.1, -0.05) is 32.0 Å². The molecule has 0 spiro atoms. The molecule has 0 unspecified atom stereocenters. The fourth-order valence-electron chi connectivity index (χ4n) is 2.77. The number of hydrogen-bond donors (Lipinski definition) is 0. The maximum absolute atomic E-state index is 13.0. The van der Waals surface area contributed by atoms with E-state index in [1.807, 2.05) is 44.2 Å². The molecule has 7 nitrogen and oxygen atoms in total. The number of esters is 1. The smallest absolute Gasteiger partial charge is 0.345 e. The van der Waals surface area contributed by atoms with Crippen molar-refractivity contribution in [1.82, 2.24) is 19.2 Å². The predicted octanol–water partition coefficient (Wildman–Crippen LogP) is 2.18. The van der Waals surface area contributed by atoms with E-state index in [1.165, 1.54) is 4.40 Å². The Labute approximate surface area is 144 Å². The van der Waals surface area contributed by atoms with Gasteiger partial charge in [0.05, 0.1) is 18.0 Å². The summed E-state index contributed by atoms with van der Waals surface area (Å²) in [7, 11) is 0. The molecule has 0 atom stereocenters. The van der Waals surface area contributed by atoms with Crippen molar-refractivity contribution in [1.29, 1.82) is 0 Å². The summed E-state index contributed by atoms with van der Waals surface area (Å²) in [5.41, 5.74) is 0.782. The van der Waals surface area contributed by atoms with Crippen LogP contribution < -0.4 is 5.56 Å². The van der Waals surface area contributed by atoms with E-state index in [-0.39, 0.29) is 12.2 Å². The van der Waals surface area contributed by atoms with Crippen LogP contribution in [0, 0.1) is 0 Å². The van der Waals surface area contributed by atoms with Gasteiger partial charge in [0.25, 0.3) is 5.56 Å². The van der Waals surface area contributed by atoms with Gasteiger partial charge in [0.15, 0.2) is 0 Å². The summed E-state index contributed by atoms with van der Waals surface area (Å²) < 4.78 is 8.08. The highest BCUT2D eigenvalue weighted by Gasteiger charge is 2.24. The maximum atomic E-state index is 13.0. The van der Waals surface area contributed by atoms with Crippen LogP contribution in [-0.4, -0.2) is 31.7 Å². The fourth-order valence-corrected chi connectivity index (χ4v) is 2.77. The zero-order valence-corrected chi connectivity index (χ0v) is 14.5. The van der Waals surface area contributed by atoms with E-state index in [2.05, 4.69) is 10.1 Å². The topological polar surface area (TPSA) is 78.5 Å². The Kier molecular flexibility index (Phi) is 4.65. The molecule has 130 valence electrons. The summed E-state index contributed by atoms with van der Waals surface area (Å²) in [4.78, 5) is 29.8. The Morgan fingerprint density at radius 3 is 2.44 bits per heavy atom. The summed E-state index contributed by atoms with van der Waals surface area (Å²) in [5.74, 6) is 0.309. The molecule has 7 heteroatoms. The number of para-hydroxylation sites is 1. The summed E-state index contributed by atoms with van der Waals surface area (Å²) in [6.45, 7) is 5.66. The van der Waals surface area contributed by atoms with Gasteiger partial charge in [-0.15, -0.1) is 0 Å². The SMILES string of the molecule is CCOC(=O)c1c(CC)nc2n(-c3ccccc3)nc(CC)n2c1=O. The number of ether oxygens (including phenoxy) is 1. The monoisotopic (exact) mass is 340 g/mol. The molecule has 3 rings (SSSR count). The lowest BCUT2D eigenvalue weighted by Gasteiger charge is -2.08. The molecule has 2 aromatic heterocycles. The number of rotatable bonds is 5. The molecule has 3 aromatic rings. The van der Waals surface area contributed by atoms with Crippen LogP contribution in [0.5, 0.6) is 0 Å². The summed E-state index contributed by atoms with van der Waals surface area (Å²) >= 11 is 0. The van der Waals surface area contributed by atoms with Gasteiger partial charge in [-0.3, -0.25) is 4.79 Å². The molecule has 0 saturated carbocycles. The molecule has 0 aliphatic rings. The van der Waals surface area contributed by atoms with Crippen molar-refractivity contribution in [2.24, 2.45) is 0 Å². The number of aromatic nitrogens is 4. The van der Waals surface area contributed by atoms with E-state index in [0.29, 0.717) is 30.1 Å². The van der Waals surface area contributed by atoms with Crippen LogP contribution in [0.25, 0.3) is 11.5 Å². The molecule has 2 heterocycles. The molecular weight excluding hydrogens is 320 g/mol. The van der Waals surface area contributed by atoms with Gasteiger partial charge < -0.3 is 4.74 Å². The summed E-state index contributed by atoms with van der Waals surface area (Å²) in [6.07, 6.45) is 0.979. The lowest BCUT2D eigenvalue weighted by atomic mass is 10.2. The third kappa shape index (κ3) is 2.82. The van der Waals surface area contributed by atoms with E-state index >= 15 is 0 Å². The molecule has 0 aliphatic carbocycles. The second-order valence-electron chi connectivity index (χ2n) is 5.47. The molecule has 25 heavy (non-hydrogen) atoms. The van der Waals surface area contributed by atoms with Crippen LogP contribution in [0.3, 0.4) is 0 Å². The maximum Gasteiger partial charge on any atom is 0.345 e. The minimum atomic E-state index is -0.638. The molecule has 0 saturated heterocycles. The molecule has 0 N–H and O–H groups in total. The highest BCUT2D eigenvalue weighted by molar-refractivity contribution is 5.90. The van der Waals surface area contributed by atoms with Crippen LogP contribution in [0.15, 0.2) is 35.1 Å². The first-order valence-electron chi connectivity index (χ1n) is 8.38. The average Bonchev–Trinajstić information content (AvgIpc) is 3.01. The summed E-state index contributed by atoms with van der Waals surface area (Å²) in [5, 5.41) is 4.53. The lowest BCUT2D eigenvalue weighted by Crippen LogP contribution is -2.28. The third-order valence-corrected chi connectivity index (χ3v) is 3.93. The van der Waals surface area contributed by atoms with Crippen molar-refractivity contribution in [2.45, 2.75) is 33.6 Å². The predicted molar refractivity (Wildman–Crippen MR) is 93.3 cm³/mol. The number of benzene rings is 1. The molecule has 0 aliphatic heterocycles. The normalized spacial score (nSPS) is 11.0. The lowest BCUT2D eigenvalue weighted by molar-refractivity contribution is 0.0522. The Morgan fingerprint density at radius 1 is 1.12 bits per heavy atom. The van der Waals surface area contributed by atoms with E-state index < -0.39 is 11.5 Å². The number of carbonyl (C=O) groups excluding carboxylic acids is 1. The Hall–Kier alpha value is -2.96. The zero-order chi connectivity index (χ0) is 18.0. The van der Waals surface area contributed by atoms with Crippen LogP contribution >= 0.6 is 0 Å². The van der Waals surface area contributed by atoms with Gasteiger partial charge in [0.2, 0.25) is 5.78 Å². The molecule has 0 radical (unpaired) electrons. The number of carbonyl (C=O) groups is 1. The van der Waals surface area contributed by atoms with Crippen LogP contribution in [-0.2, 0) is 17.6 Å². The second-order valence-corrected chi connectivity index (χ2v) is 5.47. The van der Waals surface area contributed by atoms with Crippen molar-refractivity contribution in [3.05, 3.63) is 57.8 Å². The Bertz CT molecular complexity index is 973. The third-order valence-electron chi connectivity index (χ3n) is 3.93. The Morgan fingerprint density at radius 2 is 1.84 bits per heavy atom. The molecular formula is C18H20N4O3. The first-order valence-corrected chi connectivity index (χ1v) is 8.38.